The van der Waals surface area contributed by atoms with Gasteiger partial charge >= 0.3 is 0 Å². The van der Waals surface area contributed by atoms with Crippen LogP contribution in [-0.2, 0) is 20.2 Å². The average molecular weight is 512 g/mol. The van der Waals surface area contributed by atoms with Crippen molar-refractivity contribution in [3.63, 3.8) is 0 Å². The Balaban J connectivity index is 0.000000242. The molecule has 0 saturated heterocycles. The molecule has 0 aliphatic heterocycles. The van der Waals surface area contributed by atoms with Gasteiger partial charge in [-0.1, -0.05) is 42.0 Å². The number of hydroxylamine groups is 2. The summed E-state index contributed by atoms with van der Waals surface area (Å²) in [5.41, 5.74) is 1.59. The first-order chi connectivity index (χ1) is 15.5. The zero-order chi connectivity index (χ0) is 25.9. The van der Waals surface area contributed by atoms with E-state index in [9.17, 15) is 26.8 Å². The van der Waals surface area contributed by atoms with Crippen LogP contribution in [0.15, 0.2) is 70.5 Å². The predicted molar refractivity (Wildman–Crippen MR) is 126 cm³/mol. The first-order valence-corrected chi connectivity index (χ1v) is 12.7. The van der Waals surface area contributed by atoms with Gasteiger partial charge in [0.05, 0.1) is 21.1 Å². The van der Waals surface area contributed by atoms with Gasteiger partial charge in [-0.05, 0) is 31.2 Å². The molecule has 0 unspecified atom stereocenters. The average Bonchev–Trinajstić information content (AvgIpc) is 2.70. The number of hydrogen-bond acceptors (Lipinski definition) is 6. The summed E-state index contributed by atoms with van der Waals surface area (Å²) in [4.78, 5) is 11.0. The molecule has 3 rings (SSSR count). The molecule has 0 fully saturated rings. The van der Waals surface area contributed by atoms with Gasteiger partial charge in [0.15, 0.2) is 6.67 Å². The summed E-state index contributed by atoms with van der Waals surface area (Å²) in [5, 5.41) is 10.4. The Morgan fingerprint density at radius 3 is 1.56 bits per heavy atom. The number of hydrogen-bond donors (Lipinski definition) is 3. The van der Waals surface area contributed by atoms with Crippen molar-refractivity contribution in [3.05, 3.63) is 71.8 Å². The summed E-state index contributed by atoms with van der Waals surface area (Å²) in [6.07, 6.45) is 0. The molecule has 0 aliphatic rings. The fraction of sp³-hybridized carbons (Fsp3) is 0.227. The molecule has 34 heavy (non-hydrogen) atoms. The molecule has 1 amide bonds. The molecular formula is C22H27N2O8S2+. The lowest BCUT2D eigenvalue weighted by atomic mass is 10.1. The van der Waals surface area contributed by atoms with Gasteiger partial charge in [0.2, 0.25) is 0 Å². The van der Waals surface area contributed by atoms with E-state index >= 15 is 0 Å². The van der Waals surface area contributed by atoms with Gasteiger partial charge in [0.25, 0.3) is 26.1 Å². The second kappa shape index (κ2) is 10.2. The molecule has 3 N–H and O–H groups in total. The van der Waals surface area contributed by atoms with E-state index in [1.54, 1.807) is 12.1 Å². The van der Waals surface area contributed by atoms with Gasteiger partial charge in [-0.25, -0.2) is 0 Å². The second-order valence-corrected chi connectivity index (χ2v) is 11.3. The molecular weight excluding hydrogens is 484 g/mol. The number of benzene rings is 3. The maximum Gasteiger partial charge on any atom is 0.295 e. The minimum atomic E-state index is -4.47. The van der Waals surface area contributed by atoms with Gasteiger partial charge in [-0.2, -0.15) is 21.9 Å². The van der Waals surface area contributed by atoms with Gasteiger partial charge < -0.3 is 4.48 Å². The van der Waals surface area contributed by atoms with Crippen molar-refractivity contribution in [1.82, 2.24) is 5.06 Å². The third kappa shape index (κ3) is 7.32. The minimum absolute atomic E-state index is 0.0233. The number of nitrogens with zero attached hydrogens (tertiary/aromatic N) is 2. The van der Waals surface area contributed by atoms with Crippen molar-refractivity contribution in [3.8, 4) is 0 Å². The highest BCUT2D eigenvalue weighted by Gasteiger charge is 2.20. The van der Waals surface area contributed by atoms with Crippen LogP contribution < -0.4 is 0 Å². The van der Waals surface area contributed by atoms with E-state index in [-0.39, 0.29) is 23.3 Å². The number of carbonyl (C=O) groups excluding carboxylic acids is 1. The van der Waals surface area contributed by atoms with E-state index in [4.69, 9.17) is 9.11 Å². The maximum atomic E-state index is 11.8. The van der Waals surface area contributed by atoms with Crippen molar-refractivity contribution in [2.75, 3.05) is 27.8 Å². The highest BCUT2D eigenvalue weighted by molar-refractivity contribution is 7.86. The number of aryl methyl sites for hydroxylation is 1. The van der Waals surface area contributed by atoms with Crippen molar-refractivity contribution in [1.29, 1.82) is 0 Å². The van der Waals surface area contributed by atoms with E-state index in [0.717, 1.165) is 22.8 Å². The van der Waals surface area contributed by atoms with E-state index in [1.807, 2.05) is 40.2 Å². The largest absolute Gasteiger partial charge is 0.312 e. The van der Waals surface area contributed by atoms with Crippen LogP contribution in [0.3, 0.4) is 0 Å². The Morgan fingerprint density at radius 2 is 1.21 bits per heavy atom. The van der Waals surface area contributed by atoms with Gasteiger partial charge in [-0.3, -0.25) is 19.1 Å². The molecule has 10 nitrogen and oxygen atoms in total. The fourth-order valence-electron chi connectivity index (χ4n) is 3.01. The first kappa shape index (κ1) is 27.4. The van der Waals surface area contributed by atoms with Crippen LogP contribution in [0.1, 0.15) is 15.9 Å². The molecule has 3 aromatic carbocycles. The minimum Gasteiger partial charge on any atom is -0.312 e. The molecule has 0 bridgehead atoms. The maximum absolute atomic E-state index is 11.8. The lowest BCUT2D eigenvalue weighted by molar-refractivity contribution is -0.884. The molecule has 3 aromatic rings. The molecule has 184 valence electrons. The van der Waals surface area contributed by atoms with Crippen LogP contribution in [0.2, 0.25) is 0 Å². The Hall–Kier alpha value is -2.87. The standard InChI is InChI=1S/C12H19N2O2.C10H8O6S2/c1-10-5-7-11(8-6-10)12(15)13(16)9-14(2,3)4;11-17(12,13)9-5-1-3-7-8(9)4-2-6-10(7)18(14,15)16/h5-8,16H,9H2,1-4H3;1-6H,(H,11,12,13)(H,14,15,16)/q+1;. The predicted octanol–water partition coefficient (Wildman–Crippen LogP) is 2.82. The van der Waals surface area contributed by atoms with Crippen molar-refractivity contribution < 1.29 is 40.4 Å². The zero-order valence-electron chi connectivity index (χ0n) is 19.1. The van der Waals surface area contributed by atoms with Crippen LogP contribution in [0.4, 0.5) is 0 Å². The zero-order valence-corrected chi connectivity index (χ0v) is 20.7. The van der Waals surface area contributed by atoms with Crippen molar-refractivity contribution in [2.24, 2.45) is 0 Å². The Morgan fingerprint density at radius 1 is 0.794 bits per heavy atom. The number of rotatable bonds is 5. The quantitative estimate of drug-likeness (QED) is 0.156. The lowest BCUT2D eigenvalue weighted by Gasteiger charge is -2.27. The molecule has 0 aromatic heterocycles. The van der Waals surface area contributed by atoms with Crippen LogP contribution >= 0.6 is 0 Å². The molecule has 0 heterocycles. The Kier molecular flexibility index (Phi) is 8.19. The molecule has 0 saturated carbocycles. The summed E-state index contributed by atoms with van der Waals surface area (Å²) < 4.78 is 63.2. The Bertz CT molecular complexity index is 1320. The lowest BCUT2D eigenvalue weighted by Crippen LogP contribution is -2.46. The van der Waals surface area contributed by atoms with E-state index in [1.165, 1.54) is 24.3 Å². The number of fused-ring (bicyclic) bond motifs is 1. The third-order valence-corrected chi connectivity index (χ3v) is 6.31. The summed E-state index contributed by atoms with van der Waals surface area (Å²) in [6.45, 7) is 2.21. The van der Waals surface area contributed by atoms with Crippen LogP contribution in [0.5, 0.6) is 0 Å². The van der Waals surface area contributed by atoms with Crippen molar-refractivity contribution >= 4 is 36.9 Å². The highest BCUT2D eigenvalue weighted by Crippen LogP contribution is 2.28. The third-order valence-electron chi connectivity index (χ3n) is 4.49. The van der Waals surface area contributed by atoms with Crippen LogP contribution in [0, 0.1) is 6.92 Å². The monoisotopic (exact) mass is 511 g/mol. The van der Waals surface area contributed by atoms with E-state index < -0.39 is 30.0 Å². The molecule has 0 atom stereocenters. The van der Waals surface area contributed by atoms with Gasteiger partial charge in [-0.15, -0.1) is 0 Å². The second-order valence-electron chi connectivity index (χ2n) is 8.56. The first-order valence-electron chi connectivity index (χ1n) is 9.85. The summed E-state index contributed by atoms with van der Waals surface area (Å²) in [6, 6.07) is 14.7. The highest BCUT2D eigenvalue weighted by atomic mass is 32.2. The summed E-state index contributed by atoms with van der Waals surface area (Å²) in [7, 11) is -3.21. The summed E-state index contributed by atoms with van der Waals surface area (Å²) >= 11 is 0. The smallest absolute Gasteiger partial charge is 0.295 e. The normalized spacial score (nSPS) is 12.1. The molecule has 0 aliphatic carbocycles. The fourth-order valence-corrected chi connectivity index (χ4v) is 4.43. The molecule has 0 spiro atoms. The van der Waals surface area contributed by atoms with Crippen LogP contribution in [-0.4, -0.2) is 74.4 Å². The van der Waals surface area contributed by atoms with E-state index in [0.29, 0.717) is 10.0 Å². The number of quaternary nitrogens is 1. The van der Waals surface area contributed by atoms with Gasteiger partial charge in [0, 0.05) is 16.3 Å². The topological polar surface area (TPSA) is 149 Å². The Labute approximate surface area is 198 Å². The SMILES string of the molecule is Cc1ccc(C(=O)N(O)C[N+](C)(C)C)cc1.O=S(=O)(O)c1cccc2c(S(=O)(=O)O)cccc12. The van der Waals surface area contributed by atoms with Crippen LogP contribution in [0.25, 0.3) is 10.8 Å². The van der Waals surface area contributed by atoms with E-state index in [2.05, 4.69) is 0 Å². The van der Waals surface area contributed by atoms with Crippen molar-refractivity contribution in [2.45, 2.75) is 16.7 Å². The summed E-state index contributed by atoms with van der Waals surface area (Å²) in [5.74, 6) is -0.368. The van der Waals surface area contributed by atoms with Gasteiger partial charge in [0.1, 0.15) is 9.79 Å². The number of amides is 1. The number of carbonyl (C=O) groups is 1. The molecule has 12 heteroatoms. The molecule has 0 radical (unpaired) electrons.